The number of hydrogen-bond acceptors (Lipinski definition) is 3. The first-order chi connectivity index (χ1) is 9.37. The molecule has 1 aliphatic rings. The largest absolute Gasteiger partial charge is 0.573 e. The molecule has 108 valence electrons. The lowest BCUT2D eigenvalue weighted by molar-refractivity contribution is -0.274. The van der Waals surface area contributed by atoms with E-state index < -0.39 is 23.8 Å². The van der Waals surface area contributed by atoms with Gasteiger partial charge >= 0.3 is 6.36 Å². The molecule has 0 spiro atoms. The molecule has 6 heteroatoms. The zero-order chi connectivity index (χ0) is 14.8. The lowest BCUT2D eigenvalue weighted by atomic mass is 9.83. The van der Waals surface area contributed by atoms with Crippen LogP contribution >= 0.6 is 0 Å². The van der Waals surface area contributed by atoms with Crippen LogP contribution < -0.4 is 4.74 Å². The van der Waals surface area contributed by atoms with Crippen molar-refractivity contribution in [2.45, 2.75) is 32.0 Å². The maximum absolute atomic E-state index is 12.3. The zero-order valence-corrected chi connectivity index (χ0v) is 10.6. The number of carbonyl (C=O) groups is 2. The van der Waals surface area contributed by atoms with Gasteiger partial charge in [-0.2, -0.15) is 0 Å². The minimum absolute atomic E-state index is 0.0242. The van der Waals surface area contributed by atoms with Gasteiger partial charge in [-0.15, -0.1) is 13.2 Å². The van der Waals surface area contributed by atoms with E-state index in [-0.39, 0.29) is 17.8 Å². The molecule has 1 unspecified atom stereocenters. The highest BCUT2D eigenvalue weighted by molar-refractivity contribution is 6.02. The predicted molar refractivity (Wildman–Crippen MR) is 64.4 cm³/mol. The van der Waals surface area contributed by atoms with E-state index in [4.69, 9.17) is 0 Å². The van der Waals surface area contributed by atoms with Crippen LogP contribution in [0, 0.1) is 5.92 Å². The lowest BCUT2D eigenvalue weighted by Gasteiger charge is -2.21. The first kappa shape index (κ1) is 14.6. The van der Waals surface area contributed by atoms with Gasteiger partial charge in [-0.3, -0.25) is 9.59 Å². The summed E-state index contributed by atoms with van der Waals surface area (Å²) in [6, 6.07) is 5.23. The van der Waals surface area contributed by atoms with Crippen molar-refractivity contribution in [3.8, 4) is 5.75 Å². The Bertz CT molecular complexity index is 523. The normalized spacial score (nSPS) is 19.8. The molecule has 1 atom stereocenters. The highest BCUT2D eigenvalue weighted by Gasteiger charge is 2.34. The maximum Gasteiger partial charge on any atom is 0.573 e. The standard InChI is InChI=1S/C14H13F3O3/c15-14(16,17)20-12-7-2-1-6-11(12)13(19)9-4-3-5-10(18)8-9/h1-2,6-7,9H,3-5,8H2. The fraction of sp³-hybridized carbons (Fsp3) is 0.429. The first-order valence-corrected chi connectivity index (χ1v) is 6.27. The Kier molecular flexibility index (Phi) is 4.11. The average Bonchev–Trinajstić information content (AvgIpc) is 2.37. The fourth-order valence-electron chi connectivity index (χ4n) is 2.35. The number of alkyl halides is 3. The number of ketones is 2. The quantitative estimate of drug-likeness (QED) is 0.798. The van der Waals surface area contributed by atoms with Crippen molar-refractivity contribution in [1.82, 2.24) is 0 Å². The van der Waals surface area contributed by atoms with Crippen molar-refractivity contribution in [2.75, 3.05) is 0 Å². The van der Waals surface area contributed by atoms with Crippen LogP contribution in [0.3, 0.4) is 0 Å². The Morgan fingerprint density at radius 2 is 1.95 bits per heavy atom. The van der Waals surface area contributed by atoms with Gasteiger partial charge in [-0.05, 0) is 25.0 Å². The van der Waals surface area contributed by atoms with Gasteiger partial charge in [0.2, 0.25) is 0 Å². The molecule has 3 nitrogen and oxygen atoms in total. The third kappa shape index (κ3) is 3.59. The molecule has 1 saturated carbocycles. The predicted octanol–water partition coefficient (Wildman–Crippen LogP) is 3.53. The number of para-hydroxylation sites is 1. The monoisotopic (exact) mass is 286 g/mol. The van der Waals surface area contributed by atoms with Crippen molar-refractivity contribution >= 4 is 11.6 Å². The lowest BCUT2D eigenvalue weighted by Crippen LogP contribution is -2.25. The third-order valence-corrected chi connectivity index (χ3v) is 3.23. The third-order valence-electron chi connectivity index (χ3n) is 3.23. The van der Waals surface area contributed by atoms with Crippen LogP contribution in [0.4, 0.5) is 13.2 Å². The second-order valence-electron chi connectivity index (χ2n) is 4.74. The minimum Gasteiger partial charge on any atom is -0.405 e. The van der Waals surface area contributed by atoms with Crippen molar-refractivity contribution < 1.29 is 27.5 Å². The van der Waals surface area contributed by atoms with Gasteiger partial charge in [0.1, 0.15) is 11.5 Å². The molecule has 0 heterocycles. The minimum atomic E-state index is -4.85. The summed E-state index contributed by atoms with van der Waals surface area (Å²) in [7, 11) is 0. The Labute approximate surface area is 113 Å². The zero-order valence-electron chi connectivity index (χ0n) is 10.6. The highest BCUT2D eigenvalue weighted by Crippen LogP contribution is 2.31. The molecule has 20 heavy (non-hydrogen) atoms. The molecule has 1 aliphatic carbocycles. The number of ether oxygens (including phenoxy) is 1. The van der Waals surface area contributed by atoms with Crippen LogP contribution in [0.5, 0.6) is 5.75 Å². The second kappa shape index (κ2) is 5.64. The highest BCUT2D eigenvalue weighted by atomic mass is 19.4. The van der Waals surface area contributed by atoms with Crippen molar-refractivity contribution in [3.05, 3.63) is 29.8 Å². The summed E-state index contributed by atoms with van der Waals surface area (Å²) in [5, 5.41) is 0. The smallest absolute Gasteiger partial charge is 0.405 e. The van der Waals surface area contributed by atoms with Crippen LogP contribution in [0.2, 0.25) is 0 Å². The van der Waals surface area contributed by atoms with Crippen LogP contribution in [-0.4, -0.2) is 17.9 Å². The number of halogens is 3. The van der Waals surface area contributed by atoms with E-state index in [0.717, 1.165) is 6.07 Å². The van der Waals surface area contributed by atoms with Crippen LogP contribution in [0.1, 0.15) is 36.0 Å². The summed E-state index contributed by atoms with van der Waals surface area (Å²) in [5.74, 6) is -1.54. The van der Waals surface area contributed by atoms with Crippen LogP contribution in [0.25, 0.3) is 0 Å². The Morgan fingerprint density at radius 3 is 2.60 bits per heavy atom. The number of Topliss-reactive ketones (excluding diaryl/α,β-unsaturated/α-hetero) is 2. The Morgan fingerprint density at radius 1 is 1.25 bits per heavy atom. The molecular formula is C14H13F3O3. The average molecular weight is 286 g/mol. The molecule has 0 aromatic heterocycles. The van der Waals surface area contributed by atoms with Crippen molar-refractivity contribution in [1.29, 1.82) is 0 Å². The van der Waals surface area contributed by atoms with Gasteiger partial charge in [-0.25, -0.2) is 0 Å². The number of rotatable bonds is 3. The van der Waals surface area contributed by atoms with E-state index >= 15 is 0 Å². The summed E-state index contributed by atoms with van der Waals surface area (Å²) >= 11 is 0. The molecule has 1 aromatic carbocycles. The number of benzene rings is 1. The molecule has 0 radical (unpaired) electrons. The van der Waals surface area contributed by atoms with E-state index in [1.54, 1.807) is 0 Å². The molecule has 1 aromatic rings. The SMILES string of the molecule is O=C1CCCC(C(=O)c2ccccc2OC(F)(F)F)C1. The fourth-order valence-corrected chi connectivity index (χ4v) is 2.35. The van der Waals surface area contributed by atoms with Gasteiger partial charge < -0.3 is 4.74 Å². The van der Waals surface area contributed by atoms with Crippen LogP contribution in [0.15, 0.2) is 24.3 Å². The molecule has 2 rings (SSSR count). The molecule has 0 saturated heterocycles. The Balaban J connectivity index is 2.23. The van der Waals surface area contributed by atoms with Gasteiger partial charge in [-0.1, -0.05) is 12.1 Å². The van der Waals surface area contributed by atoms with Crippen molar-refractivity contribution in [2.24, 2.45) is 5.92 Å². The van der Waals surface area contributed by atoms with Gasteiger partial charge in [0.25, 0.3) is 0 Å². The topological polar surface area (TPSA) is 43.4 Å². The van der Waals surface area contributed by atoms with E-state index in [9.17, 15) is 22.8 Å². The summed E-state index contributed by atoms with van der Waals surface area (Å²) < 4.78 is 40.8. The molecule has 0 N–H and O–H groups in total. The van der Waals surface area contributed by atoms with Gasteiger partial charge in [0, 0.05) is 18.8 Å². The van der Waals surface area contributed by atoms with E-state index in [1.807, 2.05) is 0 Å². The van der Waals surface area contributed by atoms with Gasteiger partial charge in [0.15, 0.2) is 5.78 Å². The van der Waals surface area contributed by atoms with E-state index in [2.05, 4.69) is 4.74 Å². The Hall–Kier alpha value is -1.85. The summed E-state index contributed by atoms with van der Waals surface area (Å²) in [6.45, 7) is 0. The summed E-state index contributed by atoms with van der Waals surface area (Å²) in [6.07, 6.45) is -3.20. The molecule has 1 fully saturated rings. The maximum atomic E-state index is 12.3. The molecule has 0 amide bonds. The second-order valence-corrected chi connectivity index (χ2v) is 4.74. The number of hydrogen-bond donors (Lipinski definition) is 0. The molecule has 0 bridgehead atoms. The molecular weight excluding hydrogens is 273 g/mol. The summed E-state index contributed by atoms with van der Waals surface area (Å²) in [4.78, 5) is 23.6. The molecule has 0 aliphatic heterocycles. The summed E-state index contributed by atoms with van der Waals surface area (Å²) in [5.41, 5.74) is -0.121. The van der Waals surface area contributed by atoms with Crippen LogP contribution in [-0.2, 0) is 4.79 Å². The number of carbonyl (C=O) groups excluding carboxylic acids is 2. The van der Waals surface area contributed by atoms with Crippen molar-refractivity contribution in [3.63, 3.8) is 0 Å². The first-order valence-electron chi connectivity index (χ1n) is 6.27. The van der Waals surface area contributed by atoms with Gasteiger partial charge in [0.05, 0.1) is 5.56 Å². The van der Waals surface area contributed by atoms with E-state index in [1.165, 1.54) is 18.2 Å². The van der Waals surface area contributed by atoms with E-state index in [0.29, 0.717) is 19.3 Å².